The van der Waals surface area contributed by atoms with Gasteiger partial charge in [-0.15, -0.1) is 0 Å². The van der Waals surface area contributed by atoms with Gasteiger partial charge in [-0.2, -0.15) is 8.42 Å². The number of unbranched alkanes of at least 4 members (excludes halogenated alkanes) is 12. The van der Waals surface area contributed by atoms with Crippen molar-refractivity contribution in [2.24, 2.45) is 0 Å². The van der Waals surface area contributed by atoms with E-state index in [1.165, 1.54) is 76.7 Å². The number of rotatable bonds is 15. The first-order chi connectivity index (χ1) is 12.1. The number of aryl methyl sites for hydroxylation is 1. The van der Waals surface area contributed by atoms with E-state index in [2.05, 4.69) is 6.92 Å². The van der Waals surface area contributed by atoms with Gasteiger partial charge in [0, 0.05) is 0 Å². The van der Waals surface area contributed by atoms with Crippen molar-refractivity contribution in [3.63, 3.8) is 0 Å². The fourth-order valence-corrected chi connectivity index (χ4v) is 4.05. The Labute approximate surface area is 177 Å². The Kier molecular flexibility index (Phi) is 15.8. The molecule has 148 valence electrons. The monoisotopic (exact) mass is 394 g/mol. The van der Waals surface area contributed by atoms with Crippen molar-refractivity contribution in [2.45, 2.75) is 102 Å². The molecule has 0 amide bonds. The molecule has 0 aliphatic carbocycles. The first kappa shape index (κ1) is 25.9. The molecule has 0 spiro atoms. The summed E-state index contributed by atoms with van der Waals surface area (Å²) in [5, 5.41) is 0. The molecule has 0 bridgehead atoms. The van der Waals surface area contributed by atoms with Crippen molar-refractivity contribution in [3.05, 3.63) is 29.8 Å². The average molecular weight is 395 g/mol. The van der Waals surface area contributed by atoms with Crippen LogP contribution in [0.4, 0.5) is 0 Å². The Morgan fingerprint density at radius 1 is 0.731 bits per heavy atom. The zero-order valence-electron chi connectivity index (χ0n) is 15.9. The highest BCUT2D eigenvalue weighted by Gasteiger charge is 2.13. The van der Waals surface area contributed by atoms with Crippen LogP contribution in [-0.4, -0.2) is 36.0 Å². The molecule has 0 saturated carbocycles. The predicted molar refractivity (Wildman–Crippen MR) is 114 cm³/mol. The Morgan fingerprint density at radius 2 is 1.15 bits per heavy atom. The molecule has 0 heterocycles. The van der Waals surface area contributed by atoms with E-state index in [-0.39, 0.29) is 27.9 Å². The van der Waals surface area contributed by atoms with Crippen molar-refractivity contribution in [2.75, 3.05) is 0 Å². The third kappa shape index (κ3) is 12.3. The zero-order valence-corrected chi connectivity index (χ0v) is 16.7. The quantitative estimate of drug-likeness (QED) is 0.237. The lowest BCUT2D eigenvalue weighted by Gasteiger charge is -2.07. The van der Waals surface area contributed by atoms with Crippen LogP contribution in [0.15, 0.2) is 29.2 Å². The summed E-state index contributed by atoms with van der Waals surface area (Å²) in [6.45, 7) is 2.26. The molecule has 1 aromatic carbocycles. The van der Waals surface area contributed by atoms with E-state index in [4.69, 9.17) is 0 Å². The van der Waals surface area contributed by atoms with Gasteiger partial charge in [0.05, 0.1) is 4.90 Å². The molecule has 5 heteroatoms. The van der Waals surface area contributed by atoms with E-state index in [1.807, 2.05) is 6.07 Å². The molecule has 0 radical (unpaired) electrons. The first-order valence-electron chi connectivity index (χ1n) is 10.1. The summed E-state index contributed by atoms with van der Waals surface area (Å²) >= 11 is 0. The van der Waals surface area contributed by atoms with Crippen LogP contribution >= 0.6 is 0 Å². The van der Waals surface area contributed by atoms with Gasteiger partial charge in [0.25, 0.3) is 10.1 Å². The van der Waals surface area contributed by atoms with Gasteiger partial charge in [0.2, 0.25) is 0 Å². The molecular weight excluding hydrogens is 357 g/mol. The number of hydrogen-bond acceptors (Lipinski definition) is 2. The maximum absolute atomic E-state index is 11.3. The van der Waals surface area contributed by atoms with Crippen molar-refractivity contribution < 1.29 is 13.0 Å². The molecule has 0 atom stereocenters. The minimum absolute atomic E-state index is 0. The molecule has 0 aromatic heterocycles. The van der Waals surface area contributed by atoms with E-state index in [1.54, 1.807) is 12.1 Å². The lowest BCUT2D eigenvalue weighted by atomic mass is 10.0. The van der Waals surface area contributed by atoms with Gasteiger partial charge in [-0.25, -0.2) is 0 Å². The maximum atomic E-state index is 11.3. The standard InChI is InChI=1S/C21H36O3S.Mg.2H/c1-2-3-4-5-6-7-8-9-10-11-12-13-14-17-20-18-15-16-19-21(20)25(22,23)24;;;/h15-16,18-19H,2-14,17H2,1H3,(H,22,23,24);;;. The Balaban J connectivity index is 0.00000625. The van der Waals surface area contributed by atoms with E-state index >= 15 is 0 Å². The lowest BCUT2D eigenvalue weighted by Crippen LogP contribution is -2.03. The summed E-state index contributed by atoms with van der Waals surface area (Å²) in [5.74, 6) is 0. The van der Waals surface area contributed by atoms with Crippen LogP contribution in [0.25, 0.3) is 0 Å². The second kappa shape index (κ2) is 15.9. The van der Waals surface area contributed by atoms with Crippen LogP contribution in [0, 0.1) is 0 Å². The van der Waals surface area contributed by atoms with Gasteiger partial charge in [0.15, 0.2) is 0 Å². The second-order valence-corrected chi connectivity index (χ2v) is 8.47. The summed E-state index contributed by atoms with van der Waals surface area (Å²) in [6, 6.07) is 6.75. The molecule has 26 heavy (non-hydrogen) atoms. The largest absolute Gasteiger partial charge is 0.316 e. The van der Waals surface area contributed by atoms with E-state index < -0.39 is 10.1 Å². The van der Waals surface area contributed by atoms with E-state index in [9.17, 15) is 13.0 Å². The van der Waals surface area contributed by atoms with Crippen LogP contribution in [-0.2, 0) is 16.5 Å². The molecule has 0 unspecified atom stereocenters. The van der Waals surface area contributed by atoms with Crippen LogP contribution in [0.2, 0.25) is 0 Å². The molecule has 1 rings (SSSR count). The van der Waals surface area contributed by atoms with E-state index in [0.29, 0.717) is 6.42 Å². The number of benzene rings is 1. The van der Waals surface area contributed by atoms with Crippen LogP contribution < -0.4 is 0 Å². The fourth-order valence-electron chi connectivity index (χ4n) is 3.30. The highest BCUT2D eigenvalue weighted by Crippen LogP contribution is 2.18. The average Bonchev–Trinajstić information content (AvgIpc) is 2.58. The summed E-state index contributed by atoms with van der Waals surface area (Å²) in [4.78, 5) is 0.0638. The summed E-state index contributed by atoms with van der Waals surface area (Å²) in [7, 11) is -4.10. The summed E-state index contributed by atoms with van der Waals surface area (Å²) in [6.07, 6.45) is 17.6. The normalized spacial score (nSPS) is 11.3. The molecule has 1 N–H and O–H groups in total. The SMILES string of the molecule is CCCCCCCCCCCCCCCc1ccccc1S(=O)(=O)O.[MgH2]. The van der Waals surface area contributed by atoms with Gasteiger partial charge < -0.3 is 0 Å². The second-order valence-electron chi connectivity index (χ2n) is 7.08. The number of hydrogen-bond donors (Lipinski definition) is 1. The van der Waals surface area contributed by atoms with Crippen molar-refractivity contribution in [1.82, 2.24) is 0 Å². The molecular formula is C21H38MgO3S. The Bertz CT molecular complexity index is 558. The van der Waals surface area contributed by atoms with Gasteiger partial charge in [-0.3, -0.25) is 4.55 Å². The highest BCUT2D eigenvalue weighted by molar-refractivity contribution is 7.85. The van der Waals surface area contributed by atoms with Gasteiger partial charge in [0.1, 0.15) is 0 Å². The van der Waals surface area contributed by atoms with Gasteiger partial charge in [-0.1, -0.05) is 102 Å². The molecule has 3 nitrogen and oxygen atoms in total. The molecule has 0 fully saturated rings. The highest BCUT2D eigenvalue weighted by atomic mass is 32.2. The third-order valence-corrected chi connectivity index (χ3v) is 5.75. The lowest BCUT2D eigenvalue weighted by molar-refractivity contribution is 0.481. The first-order valence-corrected chi connectivity index (χ1v) is 11.5. The van der Waals surface area contributed by atoms with Crippen molar-refractivity contribution in [3.8, 4) is 0 Å². The van der Waals surface area contributed by atoms with Gasteiger partial charge in [-0.05, 0) is 24.5 Å². The Morgan fingerprint density at radius 3 is 1.62 bits per heavy atom. The van der Waals surface area contributed by atoms with E-state index in [0.717, 1.165) is 18.4 Å². The maximum Gasteiger partial charge on any atom is 0.316 e. The molecule has 0 saturated heterocycles. The molecule has 0 aliphatic heterocycles. The topological polar surface area (TPSA) is 54.4 Å². The van der Waals surface area contributed by atoms with Crippen LogP contribution in [0.3, 0.4) is 0 Å². The summed E-state index contributed by atoms with van der Waals surface area (Å²) < 4.78 is 31.9. The van der Waals surface area contributed by atoms with Crippen molar-refractivity contribution in [1.29, 1.82) is 0 Å². The fraction of sp³-hybridized carbons (Fsp3) is 0.714. The van der Waals surface area contributed by atoms with Crippen LogP contribution in [0.5, 0.6) is 0 Å². The third-order valence-electron chi connectivity index (χ3n) is 4.80. The van der Waals surface area contributed by atoms with Gasteiger partial charge >= 0.3 is 23.1 Å². The van der Waals surface area contributed by atoms with Crippen LogP contribution in [0.1, 0.15) is 96.0 Å². The Hall–Kier alpha value is -0.104. The molecule has 1 aromatic rings. The van der Waals surface area contributed by atoms with Crippen molar-refractivity contribution >= 4 is 33.2 Å². The predicted octanol–water partition coefficient (Wildman–Crippen LogP) is 5.65. The zero-order chi connectivity index (χ0) is 18.4. The smallest absolute Gasteiger partial charge is 0.282 e. The minimum atomic E-state index is -4.10. The summed E-state index contributed by atoms with van der Waals surface area (Å²) in [5.41, 5.74) is 0.730. The minimum Gasteiger partial charge on any atom is -0.282 e. The molecule has 0 aliphatic rings.